The molecular formula is C32H38N2O5S2. The van der Waals surface area contributed by atoms with E-state index in [1.54, 1.807) is 28.0 Å². The normalized spacial score (nSPS) is 18.4. The lowest BCUT2D eigenvalue weighted by Gasteiger charge is -2.32. The van der Waals surface area contributed by atoms with Crippen LogP contribution in [0.1, 0.15) is 49.2 Å². The lowest BCUT2D eigenvalue weighted by molar-refractivity contribution is -0.160. The van der Waals surface area contributed by atoms with E-state index >= 15 is 0 Å². The Bertz CT molecular complexity index is 1260. The maximum absolute atomic E-state index is 14.1. The number of carbonyl (C=O) groups excluding carboxylic acids is 3. The van der Waals surface area contributed by atoms with Gasteiger partial charge in [-0.15, -0.1) is 11.3 Å². The smallest absolute Gasteiger partial charge is 0.326 e. The van der Waals surface area contributed by atoms with Crippen LogP contribution in [0.2, 0.25) is 0 Å². The molecule has 1 saturated heterocycles. The molecule has 4 rings (SSSR count). The summed E-state index contributed by atoms with van der Waals surface area (Å²) in [5, 5.41) is 5.31. The monoisotopic (exact) mass is 594 g/mol. The lowest BCUT2D eigenvalue weighted by Crippen LogP contribution is -2.54. The average Bonchev–Trinajstić information content (AvgIpc) is 3.44. The summed E-state index contributed by atoms with van der Waals surface area (Å²) in [6.07, 6.45) is 1.11. The largest absolute Gasteiger partial charge is 0.460 e. The fourth-order valence-corrected chi connectivity index (χ4v) is 6.78. The minimum absolute atomic E-state index is 0.155. The van der Waals surface area contributed by atoms with Gasteiger partial charge in [-0.25, -0.2) is 0 Å². The van der Waals surface area contributed by atoms with Crippen LogP contribution in [-0.4, -0.2) is 58.5 Å². The van der Waals surface area contributed by atoms with Crippen LogP contribution >= 0.6 is 23.1 Å². The number of rotatable bonds is 11. The SMILES string of the molecule is CC(C)(C)OC(=O)CN1C(=O)C(NC(CCc2ccccc2)C(=O)OCc2ccccc2)CSCC1c1cccs1. The van der Waals surface area contributed by atoms with Gasteiger partial charge < -0.3 is 14.4 Å². The van der Waals surface area contributed by atoms with E-state index in [4.69, 9.17) is 9.47 Å². The second-order valence-electron chi connectivity index (χ2n) is 11.0. The number of esters is 2. The van der Waals surface area contributed by atoms with Gasteiger partial charge in [-0.2, -0.15) is 11.8 Å². The Labute approximate surface area is 250 Å². The van der Waals surface area contributed by atoms with E-state index in [-0.39, 0.29) is 25.1 Å². The van der Waals surface area contributed by atoms with Gasteiger partial charge in [-0.3, -0.25) is 19.7 Å². The van der Waals surface area contributed by atoms with Crippen molar-refractivity contribution >= 4 is 40.9 Å². The Morgan fingerprint density at radius 2 is 1.66 bits per heavy atom. The number of nitrogens with zero attached hydrogens (tertiary/aromatic N) is 1. The molecule has 3 atom stereocenters. The van der Waals surface area contributed by atoms with Crippen molar-refractivity contribution in [3.05, 3.63) is 94.2 Å². The van der Waals surface area contributed by atoms with Gasteiger partial charge in [0.1, 0.15) is 24.8 Å². The number of nitrogens with one attached hydrogen (secondary N) is 1. The predicted molar refractivity (Wildman–Crippen MR) is 164 cm³/mol. The third-order valence-corrected chi connectivity index (χ3v) is 8.68. The summed E-state index contributed by atoms with van der Waals surface area (Å²) in [6, 6.07) is 21.8. The first-order valence-electron chi connectivity index (χ1n) is 13.8. The van der Waals surface area contributed by atoms with E-state index in [0.29, 0.717) is 24.3 Å². The van der Waals surface area contributed by atoms with E-state index in [0.717, 1.165) is 16.0 Å². The molecule has 1 amide bonds. The molecule has 41 heavy (non-hydrogen) atoms. The molecule has 3 aromatic rings. The highest BCUT2D eigenvalue weighted by molar-refractivity contribution is 7.99. The molecule has 3 unspecified atom stereocenters. The number of ether oxygens (including phenoxy) is 2. The van der Waals surface area contributed by atoms with Gasteiger partial charge in [-0.1, -0.05) is 66.7 Å². The van der Waals surface area contributed by atoms with Crippen molar-refractivity contribution in [3.63, 3.8) is 0 Å². The topological polar surface area (TPSA) is 84.9 Å². The molecule has 0 radical (unpaired) electrons. The molecule has 1 aliphatic rings. The number of amides is 1. The van der Waals surface area contributed by atoms with Crippen LogP contribution in [0.5, 0.6) is 0 Å². The van der Waals surface area contributed by atoms with Crippen LogP contribution in [0.25, 0.3) is 0 Å². The van der Waals surface area contributed by atoms with Gasteiger partial charge in [0.2, 0.25) is 5.91 Å². The van der Waals surface area contributed by atoms with E-state index in [9.17, 15) is 14.4 Å². The number of thiophene rings is 1. The Morgan fingerprint density at radius 1 is 0.976 bits per heavy atom. The highest BCUT2D eigenvalue weighted by atomic mass is 32.2. The first-order valence-corrected chi connectivity index (χ1v) is 15.9. The number of hydrogen-bond acceptors (Lipinski definition) is 8. The van der Waals surface area contributed by atoms with Crippen molar-refractivity contribution in [1.29, 1.82) is 0 Å². The summed E-state index contributed by atoms with van der Waals surface area (Å²) in [4.78, 5) is 43.0. The first kappa shape index (κ1) is 30.8. The average molecular weight is 595 g/mol. The second kappa shape index (κ2) is 14.7. The fraction of sp³-hybridized carbons (Fsp3) is 0.406. The zero-order chi connectivity index (χ0) is 29.2. The predicted octanol–water partition coefficient (Wildman–Crippen LogP) is 5.41. The molecule has 1 aliphatic heterocycles. The zero-order valence-corrected chi connectivity index (χ0v) is 25.4. The van der Waals surface area contributed by atoms with Crippen LogP contribution in [0, 0.1) is 0 Å². The van der Waals surface area contributed by atoms with Crippen molar-refractivity contribution < 1.29 is 23.9 Å². The van der Waals surface area contributed by atoms with Crippen LogP contribution in [0.3, 0.4) is 0 Å². The third-order valence-electron chi connectivity index (χ3n) is 6.58. The number of carbonyl (C=O) groups is 3. The van der Waals surface area contributed by atoms with Crippen molar-refractivity contribution in [2.24, 2.45) is 0 Å². The molecule has 1 N–H and O–H groups in total. The molecule has 7 nitrogen and oxygen atoms in total. The number of hydrogen-bond donors (Lipinski definition) is 1. The molecule has 0 saturated carbocycles. The summed E-state index contributed by atoms with van der Waals surface area (Å²) < 4.78 is 11.3. The summed E-state index contributed by atoms with van der Waals surface area (Å²) in [6.45, 7) is 5.42. The van der Waals surface area contributed by atoms with E-state index in [1.165, 1.54) is 0 Å². The zero-order valence-electron chi connectivity index (χ0n) is 23.8. The van der Waals surface area contributed by atoms with Crippen LogP contribution in [0.4, 0.5) is 0 Å². The Balaban J connectivity index is 1.53. The Kier molecular flexibility index (Phi) is 11.0. The van der Waals surface area contributed by atoms with Gasteiger partial charge in [0.15, 0.2) is 0 Å². The molecular weight excluding hydrogens is 556 g/mol. The quantitative estimate of drug-likeness (QED) is 0.297. The van der Waals surface area contributed by atoms with Crippen LogP contribution in [0.15, 0.2) is 78.2 Å². The Morgan fingerprint density at radius 3 is 2.29 bits per heavy atom. The highest BCUT2D eigenvalue weighted by Gasteiger charge is 2.38. The lowest BCUT2D eigenvalue weighted by atomic mass is 10.0. The molecule has 0 spiro atoms. The van der Waals surface area contributed by atoms with Gasteiger partial charge in [-0.05, 0) is 56.2 Å². The van der Waals surface area contributed by atoms with Gasteiger partial charge >= 0.3 is 11.9 Å². The molecule has 2 aromatic carbocycles. The number of aryl methyl sites for hydroxylation is 1. The summed E-state index contributed by atoms with van der Waals surface area (Å²) >= 11 is 3.19. The standard InChI is InChI=1S/C32H38N2O5S2/c1-32(2,3)39-29(35)19-34-27(28-15-10-18-41-28)22-40-21-26(30(34)36)33-25(17-16-23-11-6-4-7-12-23)31(37)38-20-24-13-8-5-9-14-24/h4-15,18,25-27,33H,16-17,19-22H2,1-3H3. The number of benzene rings is 2. The molecule has 1 fully saturated rings. The van der Waals surface area contributed by atoms with Crippen molar-refractivity contribution in [3.8, 4) is 0 Å². The van der Waals surface area contributed by atoms with E-state index < -0.39 is 29.6 Å². The third kappa shape index (κ3) is 9.45. The maximum atomic E-state index is 14.1. The molecule has 218 valence electrons. The van der Waals surface area contributed by atoms with Crippen LogP contribution in [-0.2, 0) is 36.9 Å². The molecule has 1 aromatic heterocycles. The molecule has 0 aliphatic carbocycles. The summed E-state index contributed by atoms with van der Waals surface area (Å²) in [7, 11) is 0. The van der Waals surface area contributed by atoms with E-state index in [1.807, 2.05) is 98.9 Å². The molecule has 2 heterocycles. The minimum atomic E-state index is -0.699. The highest BCUT2D eigenvalue weighted by Crippen LogP contribution is 2.32. The Hall–Kier alpha value is -3.14. The maximum Gasteiger partial charge on any atom is 0.326 e. The van der Waals surface area contributed by atoms with E-state index in [2.05, 4.69) is 5.32 Å². The van der Waals surface area contributed by atoms with Gasteiger partial charge in [0.05, 0.1) is 12.1 Å². The van der Waals surface area contributed by atoms with Gasteiger partial charge in [0, 0.05) is 16.4 Å². The van der Waals surface area contributed by atoms with Crippen molar-refractivity contribution in [1.82, 2.24) is 10.2 Å². The number of thioether (sulfide) groups is 1. The fourth-order valence-electron chi connectivity index (χ4n) is 4.65. The second-order valence-corrected chi connectivity index (χ2v) is 13.1. The molecule has 9 heteroatoms. The summed E-state index contributed by atoms with van der Waals surface area (Å²) in [5.41, 5.74) is 1.33. The van der Waals surface area contributed by atoms with Gasteiger partial charge in [0.25, 0.3) is 0 Å². The van der Waals surface area contributed by atoms with Crippen LogP contribution < -0.4 is 5.32 Å². The van der Waals surface area contributed by atoms with Crippen molar-refractivity contribution in [2.45, 2.75) is 63.9 Å². The summed E-state index contributed by atoms with van der Waals surface area (Å²) in [5.74, 6) is 0.0285. The first-order chi connectivity index (χ1) is 19.7. The minimum Gasteiger partial charge on any atom is -0.460 e. The van der Waals surface area contributed by atoms with Crippen molar-refractivity contribution in [2.75, 3.05) is 18.1 Å². The molecule has 0 bridgehead atoms.